The van der Waals surface area contributed by atoms with Crippen molar-refractivity contribution < 1.29 is 4.74 Å². The van der Waals surface area contributed by atoms with Gasteiger partial charge in [-0.25, -0.2) is 4.98 Å². The summed E-state index contributed by atoms with van der Waals surface area (Å²) >= 11 is 6.14. The van der Waals surface area contributed by atoms with Crippen molar-refractivity contribution in [3.8, 4) is 5.82 Å². The molecule has 2 aromatic heterocycles. The van der Waals surface area contributed by atoms with Gasteiger partial charge in [0.15, 0.2) is 5.82 Å². The van der Waals surface area contributed by atoms with Gasteiger partial charge in [-0.2, -0.15) is 5.10 Å². The van der Waals surface area contributed by atoms with Gasteiger partial charge in [-0.3, -0.25) is 14.0 Å². The van der Waals surface area contributed by atoms with Crippen LogP contribution in [0.1, 0.15) is 12.6 Å². The van der Waals surface area contributed by atoms with Crippen molar-refractivity contribution in [3.05, 3.63) is 33.5 Å². The first-order chi connectivity index (χ1) is 10.5. The van der Waals surface area contributed by atoms with Crippen LogP contribution in [0.15, 0.2) is 17.1 Å². The molecule has 0 bridgehead atoms. The van der Waals surface area contributed by atoms with Crippen LogP contribution in [0.25, 0.3) is 5.82 Å². The highest BCUT2D eigenvalue weighted by Crippen LogP contribution is 2.17. The second kappa shape index (κ2) is 5.73. The first kappa shape index (κ1) is 15.1. The van der Waals surface area contributed by atoms with Crippen molar-refractivity contribution in [2.24, 2.45) is 7.05 Å². The van der Waals surface area contributed by atoms with Crippen LogP contribution in [0.5, 0.6) is 0 Å². The quantitative estimate of drug-likeness (QED) is 0.829. The van der Waals surface area contributed by atoms with E-state index in [2.05, 4.69) is 10.1 Å². The fraction of sp³-hybridized carbons (Fsp3) is 0.500. The van der Waals surface area contributed by atoms with Crippen LogP contribution in [0.3, 0.4) is 0 Å². The van der Waals surface area contributed by atoms with Crippen LogP contribution < -0.4 is 10.5 Å². The van der Waals surface area contributed by atoms with E-state index >= 15 is 0 Å². The average molecular weight is 324 g/mol. The molecule has 118 valence electrons. The zero-order chi connectivity index (χ0) is 15.9. The number of nitrogens with zero attached hydrogens (tertiary/aromatic N) is 5. The third-order valence-corrected chi connectivity index (χ3v) is 3.90. The fourth-order valence-corrected chi connectivity index (χ4v) is 2.85. The largest absolute Gasteiger partial charge is 0.377 e. The Labute approximate surface area is 133 Å². The lowest BCUT2D eigenvalue weighted by Gasteiger charge is -2.33. The summed E-state index contributed by atoms with van der Waals surface area (Å²) in [6.07, 6.45) is 1.52. The number of morpholine rings is 1. The number of aromatic nitrogens is 4. The number of anilines is 1. The number of aryl methyl sites for hydroxylation is 2. The molecule has 0 aliphatic carbocycles. The number of hydrogen-bond acceptors (Lipinski definition) is 5. The van der Waals surface area contributed by atoms with E-state index in [1.807, 2.05) is 24.8 Å². The van der Waals surface area contributed by atoms with E-state index in [1.165, 1.54) is 10.8 Å². The molecule has 8 heteroatoms. The third kappa shape index (κ3) is 2.62. The SMILES string of the molecule is Cc1cc(-n2cc(Cl)nc(N3CCOCC3C)c2=O)n(C)n1. The van der Waals surface area contributed by atoms with Gasteiger partial charge in [-0.05, 0) is 13.8 Å². The minimum absolute atomic E-state index is 0.0779. The normalized spacial score (nSPS) is 18.7. The molecule has 1 aliphatic rings. The lowest BCUT2D eigenvalue weighted by molar-refractivity contribution is 0.0983. The van der Waals surface area contributed by atoms with E-state index in [4.69, 9.17) is 16.3 Å². The van der Waals surface area contributed by atoms with E-state index < -0.39 is 0 Å². The van der Waals surface area contributed by atoms with E-state index in [1.54, 1.807) is 11.7 Å². The van der Waals surface area contributed by atoms with Crippen LogP contribution in [-0.4, -0.2) is 45.1 Å². The highest BCUT2D eigenvalue weighted by molar-refractivity contribution is 6.29. The Morgan fingerprint density at radius 1 is 1.45 bits per heavy atom. The summed E-state index contributed by atoms with van der Waals surface area (Å²) in [6, 6.07) is 1.92. The molecule has 2 aromatic rings. The lowest BCUT2D eigenvalue weighted by Crippen LogP contribution is -2.47. The van der Waals surface area contributed by atoms with Crippen molar-refractivity contribution in [1.29, 1.82) is 0 Å². The molecule has 7 nitrogen and oxygen atoms in total. The molecule has 0 saturated carbocycles. The van der Waals surface area contributed by atoms with Crippen molar-refractivity contribution in [2.75, 3.05) is 24.7 Å². The van der Waals surface area contributed by atoms with Crippen LogP contribution in [0.2, 0.25) is 5.15 Å². The van der Waals surface area contributed by atoms with E-state index in [-0.39, 0.29) is 16.8 Å². The zero-order valence-corrected chi connectivity index (χ0v) is 13.5. The molecule has 0 amide bonds. The Morgan fingerprint density at radius 3 is 2.86 bits per heavy atom. The van der Waals surface area contributed by atoms with Crippen molar-refractivity contribution in [2.45, 2.75) is 19.9 Å². The first-order valence-electron chi connectivity index (χ1n) is 7.12. The van der Waals surface area contributed by atoms with Crippen LogP contribution >= 0.6 is 11.6 Å². The Morgan fingerprint density at radius 2 is 2.23 bits per heavy atom. The third-order valence-electron chi connectivity index (χ3n) is 3.72. The number of hydrogen-bond donors (Lipinski definition) is 0. The van der Waals surface area contributed by atoms with Crippen LogP contribution in [0, 0.1) is 6.92 Å². The maximum absolute atomic E-state index is 12.8. The highest BCUT2D eigenvalue weighted by Gasteiger charge is 2.24. The molecule has 0 N–H and O–H groups in total. The molecule has 1 atom stereocenters. The van der Waals surface area contributed by atoms with Crippen molar-refractivity contribution in [1.82, 2.24) is 19.3 Å². The molecular formula is C14H18ClN5O2. The van der Waals surface area contributed by atoms with Gasteiger partial charge >= 0.3 is 0 Å². The Balaban J connectivity index is 2.13. The standard InChI is InChI=1S/C14H18ClN5O2/c1-9-6-12(18(3)17-9)20-7-11(15)16-13(14(20)21)19-4-5-22-8-10(19)2/h6-7,10H,4-5,8H2,1-3H3. The number of halogens is 1. The summed E-state index contributed by atoms with van der Waals surface area (Å²) in [5.41, 5.74) is 0.625. The molecule has 1 unspecified atom stereocenters. The summed E-state index contributed by atoms with van der Waals surface area (Å²) in [4.78, 5) is 19.0. The van der Waals surface area contributed by atoms with E-state index in [0.29, 0.717) is 31.4 Å². The Bertz CT molecular complexity index is 754. The topological polar surface area (TPSA) is 65.2 Å². The Hall–Kier alpha value is -1.86. The molecule has 3 heterocycles. The van der Waals surface area contributed by atoms with Crippen molar-refractivity contribution in [3.63, 3.8) is 0 Å². The minimum Gasteiger partial charge on any atom is -0.377 e. The highest BCUT2D eigenvalue weighted by atomic mass is 35.5. The van der Waals surface area contributed by atoms with E-state index in [0.717, 1.165) is 5.69 Å². The maximum atomic E-state index is 12.8. The molecule has 1 saturated heterocycles. The van der Waals surface area contributed by atoms with Gasteiger partial charge in [0.1, 0.15) is 11.0 Å². The first-order valence-corrected chi connectivity index (χ1v) is 7.50. The Kier molecular flexibility index (Phi) is 3.92. The molecule has 22 heavy (non-hydrogen) atoms. The van der Waals surface area contributed by atoms with Gasteiger partial charge < -0.3 is 9.64 Å². The lowest BCUT2D eigenvalue weighted by atomic mass is 10.2. The number of ether oxygens (including phenoxy) is 1. The van der Waals surface area contributed by atoms with Crippen LogP contribution in [-0.2, 0) is 11.8 Å². The van der Waals surface area contributed by atoms with Gasteiger partial charge in [0.05, 0.1) is 31.1 Å². The molecular weight excluding hydrogens is 306 g/mol. The molecule has 0 spiro atoms. The minimum atomic E-state index is -0.207. The van der Waals surface area contributed by atoms with Gasteiger partial charge in [0, 0.05) is 19.7 Å². The fourth-order valence-electron chi connectivity index (χ4n) is 2.67. The summed E-state index contributed by atoms with van der Waals surface area (Å²) in [7, 11) is 1.79. The summed E-state index contributed by atoms with van der Waals surface area (Å²) in [5.74, 6) is 1.01. The monoisotopic (exact) mass is 323 g/mol. The summed E-state index contributed by atoms with van der Waals surface area (Å²) < 4.78 is 8.56. The molecule has 1 aliphatic heterocycles. The smallest absolute Gasteiger partial charge is 0.299 e. The predicted octanol–water partition coefficient (Wildman–Crippen LogP) is 1.15. The second-order valence-electron chi connectivity index (χ2n) is 5.45. The second-order valence-corrected chi connectivity index (χ2v) is 5.83. The average Bonchev–Trinajstić information content (AvgIpc) is 2.80. The van der Waals surface area contributed by atoms with Gasteiger partial charge in [0.2, 0.25) is 0 Å². The van der Waals surface area contributed by atoms with Crippen molar-refractivity contribution >= 4 is 17.4 Å². The molecule has 0 aromatic carbocycles. The zero-order valence-electron chi connectivity index (χ0n) is 12.8. The molecule has 0 radical (unpaired) electrons. The van der Waals surface area contributed by atoms with Gasteiger partial charge in [-0.15, -0.1) is 0 Å². The summed E-state index contributed by atoms with van der Waals surface area (Å²) in [5, 5.41) is 4.55. The summed E-state index contributed by atoms with van der Waals surface area (Å²) in [6.45, 7) is 5.64. The molecule has 1 fully saturated rings. The van der Waals surface area contributed by atoms with E-state index in [9.17, 15) is 4.79 Å². The van der Waals surface area contributed by atoms with Gasteiger partial charge in [0.25, 0.3) is 5.56 Å². The maximum Gasteiger partial charge on any atom is 0.299 e. The van der Waals surface area contributed by atoms with Gasteiger partial charge in [-0.1, -0.05) is 11.6 Å². The van der Waals surface area contributed by atoms with Crippen LogP contribution in [0.4, 0.5) is 5.82 Å². The molecule has 3 rings (SSSR count). The number of rotatable bonds is 2. The predicted molar refractivity (Wildman–Crippen MR) is 84.0 cm³/mol.